The molecule has 0 aromatic carbocycles. The van der Waals surface area contributed by atoms with Gasteiger partial charge in [-0.05, 0) is 37.0 Å². The van der Waals surface area contributed by atoms with Gasteiger partial charge >= 0.3 is 0 Å². The molecule has 0 heterocycles. The summed E-state index contributed by atoms with van der Waals surface area (Å²) in [6.45, 7) is 2.26. The second-order valence-electron chi connectivity index (χ2n) is 4.13. The van der Waals surface area contributed by atoms with Gasteiger partial charge in [0.05, 0.1) is 6.07 Å². The van der Waals surface area contributed by atoms with Crippen molar-refractivity contribution in [1.29, 1.82) is 5.26 Å². The maximum Gasteiger partial charge on any atom is 0.0658 e. The average Bonchev–Trinajstić information content (AvgIpc) is 2.01. The Hall–Kier alpha value is -0.510. The van der Waals surface area contributed by atoms with Gasteiger partial charge in [0.2, 0.25) is 0 Å². The van der Waals surface area contributed by atoms with Gasteiger partial charge in [0.15, 0.2) is 0 Å². The highest BCUT2D eigenvalue weighted by Crippen LogP contribution is 2.52. The lowest BCUT2D eigenvalue weighted by Crippen LogP contribution is -2.41. The monoisotopic (exact) mass is 149 g/mol. The highest BCUT2D eigenvalue weighted by atomic mass is 14.5. The Balaban J connectivity index is 2.03. The molecule has 60 valence electrons. The molecule has 2 unspecified atom stereocenters. The second-order valence-corrected chi connectivity index (χ2v) is 4.13. The van der Waals surface area contributed by atoms with E-state index in [-0.39, 0.29) is 0 Å². The number of hydrogen-bond acceptors (Lipinski definition) is 1. The van der Waals surface area contributed by atoms with Crippen LogP contribution in [0.2, 0.25) is 0 Å². The molecule has 2 atom stereocenters. The summed E-state index contributed by atoms with van der Waals surface area (Å²) in [7, 11) is 0. The van der Waals surface area contributed by atoms with Crippen LogP contribution in [0.1, 0.15) is 32.6 Å². The molecule has 1 heteroatoms. The lowest BCUT2D eigenvalue weighted by Gasteiger charge is -2.49. The molecule has 0 spiro atoms. The molecule has 3 aliphatic carbocycles. The third-order valence-corrected chi connectivity index (χ3v) is 3.69. The summed E-state index contributed by atoms with van der Waals surface area (Å²) in [5, 5.41) is 8.85. The number of nitrogens with zero attached hydrogens (tertiary/aromatic N) is 1. The quantitative estimate of drug-likeness (QED) is 0.562. The first-order valence-electron chi connectivity index (χ1n) is 4.74. The number of nitriles is 1. The van der Waals surface area contributed by atoms with Crippen molar-refractivity contribution in [2.75, 3.05) is 0 Å². The molecule has 0 aromatic heterocycles. The molecule has 3 rings (SSSR count). The predicted octanol–water partition coefficient (Wildman–Crippen LogP) is 2.58. The van der Waals surface area contributed by atoms with Gasteiger partial charge in [-0.25, -0.2) is 0 Å². The van der Waals surface area contributed by atoms with Gasteiger partial charge < -0.3 is 0 Å². The van der Waals surface area contributed by atoms with Gasteiger partial charge in [-0.2, -0.15) is 5.26 Å². The maximum atomic E-state index is 8.85. The molecular formula is C10H15N. The summed E-state index contributed by atoms with van der Waals surface area (Å²) in [5.74, 6) is 3.07. The van der Waals surface area contributed by atoms with Crippen LogP contribution in [0.3, 0.4) is 0 Å². The van der Waals surface area contributed by atoms with Crippen LogP contribution in [-0.2, 0) is 0 Å². The lowest BCUT2D eigenvalue weighted by molar-refractivity contribution is 0.0159. The van der Waals surface area contributed by atoms with Crippen molar-refractivity contribution >= 4 is 0 Å². The summed E-state index contributed by atoms with van der Waals surface area (Å²) in [4.78, 5) is 0. The molecule has 1 nitrogen and oxygen atoms in total. The van der Waals surface area contributed by atoms with Crippen molar-refractivity contribution in [2.45, 2.75) is 32.6 Å². The smallest absolute Gasteiger partial charge is 0.0658 e. The number of rotatable bonds is 1. The summed E-state index contributed by atoms with van der Waals surface area (Å²) in [5.41, 5.74) is 0. The molecule has 11 heavy (non-hydrogen) atoms. The first-order valence-corrected chi connectivity index (χ1v) is 4.74. The largest absolute Gasteiger partial charge is 0.198 e. The van der Waals surface area contributed by atoms with E-state index >= 15 is 0 Å². The van der Waals surface area contributed by atoms with Crippen molar-refractivity contribution in [3.63, 3.8) is 0 Å². The molecule has 0 amide bonds. The van der Waals surface area contributed by atoms with Crippen molar-refractivity contribution in [1.82, 2.24) is 0 Å². The van der Waals surface area contributed by atoms with E-state index < -0.39 is 0 Å². The SMILES string of the molecule is CCC1CC(C#N)C2CC1C2. The summed E-state index contributed by atoms with van der Waals surface area (Å²) in [6, 6.07) is 2.46. The van der Waals surface area contributed by atoms with Crippen LogP contribution in [-0.4, -0.2) is 0 Å². The normalized spacial score (nSPS) is 47.6. The first kappa shape index (κ1) is 7.16. The molecule has 0 radical (unpaired) electrons. The number of hydrogen-bond donors (Lipinski definition) is 0. The summed E-state index contributed by atoms with van der Waals surface area (Å²) in [6.07, 6.45) is 5.20. The Morgan fingerprint density at radius 2 is 2.00 bits per heavy atom. The Morgan fingerprint density at radius 3 is 2.55 bits per heavy atom. The highest BCUT2D eigenvalue weighted by Gasteiger charge is 2.44. The third kappa shape index (κ3) is 0.965. The van der Waals surface area contributed by atoms with E-state index in [0.29, 0.717) is 5.92 Å². The minimum Gasteiger partial charge on any atom is -0.198 e. The van der Waals surface area contributed by atoms with Gasteiger partial charge in [0, 0.05) is 5.92 Å². The highest BCUT2D eigenvalue weighted by molar-refractivity contribution is 5.02. The van der Waals surface area contributed by atoms with Gasteiger partial charge in [0.25, 0.3) is 0 Å². The van der Waals surface area contributed by atoms with E-state index in [0.717, 1.165) is 17.8 Å². The van der Waals surface area contributed by atoms with E-state index in [1.165, 1.54) is 25.7 Å². The van der Waals surface area contributed by atoms with Crippen molar-refractivity contribution in [2.24, 2.45) is 23.7 Å². The fourth-order valence-corrected chi connectivity index (χ4v) is 2.79. The van der Waals surface area contributed by atoms with Gasteiger partial charge in [-0.3, -0.25) is 0 Å². The lowest BCUT2D eigenvalue weighted by atomic mass is 9.55. The van der Waals surface area contributed by atoms with E-state index in [9.17, 15) is 0 Å². The Labute approximate surface area is 68.4 Å². The van der Waals surface area contributed by atoms with Crippen LogP contribution in [0, 0.1) is 35.0 Å². The fourth-order valence-electron chi connectivity index (χ4n) is 2.79. The minimum atomic E-state index is 0.407. The third-order valence-electron chi connectivity index (χ3n) is 3.69. The fraction of sp³-hybridized carbons (Fsp3) is 0.900. The molecule has 0 aliphatic heterocycles. The van der Waals surface area contributed by atoms with Crippen LogP contribution in [0.25, 0.3) is 0 Å². The zero-order valence-electron chi connectivity index (χ0n) is 7.09. The first-order chi connectivity index (χ1) is 5.35. The Bertz CT molecular complexity index is 186. The topological polar surface area (TPSA) is 23.8 Å². The van der Waals surface area contributed by atoms with E-state index in [2.05, 4.69) is 13.0 Å². The zero-order chi connectivity index (χ0) is 7.84. The molecule has 0 saturated heterocycles. The molecule has 3 aliphatic rings. The second kappa shape index (κ2) is 2.52. The maximum absolute atomic E-state index is 8.85. The Morgan fingerprint density at radius 1 is 1.27 bits per heavy atom. The van der Waals surface area contributed by atoms with Crippen molar-refractivity contribution in [3.05, 3.63) is 0 Å². The van der Waals surface area contributed by atoms with Crippen LogP contribution < -0.4 is 0 Å². The predicted molar refractivity (Wildman–Crippen MR) is 43.7 cm³/mol. The van der Waals surface area contributed by atoms with Gasteiger partial charge in [-0.1, -0.05) is 13.3 Å². The molecule has 3 saturated carbocycles. The molecule has 0 aromatic rings. The zero-order valence-corrected chi connectivity index (χ0v) is 7.09. The summed E-state index contributed by atoms with van der Waals surface area (Å²) >= 11 is 0. The number of fused-ring (bicyclic) bond motifs is 2. The molecular weight excluding hydrogens is 134 g/mol. The van der Waals surface area contributed by atoms with E-state index in [1.54, 1.807) is 0 Å². The van der Waals surface area contributed by atoms with Crippen molar-refractivity contribution < 1.29 is 0 Å². The standard InChI is InChI=1S/C10H15N/c1-2-7-3-10(6-11)9-4-8(7)5-9/h7-10H,2-5H2,1H3. The van der Waals surface area contributed by atoms with E-state index in [1.807, 2.05) is 0 Å². The Kier molecular flexibility index (Phi) is 1.64. The molecule has 2 bridgehead atoms. The average molecular weight is 149 g/mol. The van der Waals surface area contributed by atoms with Gasteiger partial charge in [-0.15, -0.1) is 0 Å². The van der Waals surface area contributed by atoms with Crippen LogP contribution in [0.15, 0.2) is 0 Å². The van der Waals surface area contributed by atoms with Crippen LogP contribution >= 0.6 is 0 Å². The van der Waals surface area contributed by atoms with Crippen molar-refractivity contribution in [3.8, 4) is 6.07 Å². The molecule has 0 N–H and O–H groups in total. The van der Waals surface area contributed by atoms with Crippen LogP contribution in [0.5, 0.6) is 0 Å². The molecule has 3 fully saturated rings. The van der Waals surface area contributed by atoms with Gasteiger partial charge in [0.1, 0.15) is 0 Å². The minimum absolute atomic E-state index is 0.407. The van der Waals surface area contributed by atoms with E-state index in [4.69, 9.17) is 5.26 Å². The van der Waals surface area contributed by atoms with Crippen LogP contribution in [0.4, 0.5) is 0 Å². The summed E-state index contributed by atoms with van der Waals surface area (Å²) < 4.78 is 0.